The van der Waals surface area contributed by atoms with Crippen LogP contribution in [0, 0.1) is 11.3 Å². The van der Waals surface area contributed by atoms with Gasteiger partial charge in [0.15, 0.2) is 11.5 Å². The Balaban J connectivity index is 1.40. The molecular formula is C17H24N6. The highest BCUT2D eigenvalue weighted by molar-refractivity contribution is 5.46. The normalized spacial score (nSPS) is 29.5. The van der Waals surface area contributed by atoms with E-state index < -0.39 is 0 Å². The Morgan fingerprint density at radius 2 is 2.00 bits per heavy atom. The van der Waals surface area contributed by atoms with Crippen LogP contribution in [0.2, 0.25) is 0 Å². The van der Waals surface area contributed by atoms with Gasteiger partial charge in [0.05, 0.1) is 0 Å². The third kappa shape index (κ3) is 2.23. The van der Waals surface area contributed by atoms with Gasteiger partial charge in [0.2, 0.25) is 0 Å². The number of anilines is 1. The summed E-state index contributed by atoms with van der Waals surface area (Å²) in [5.74, 6) is 3.38. The second-order valence-electron chi connectivity index (χ2n) is 7.75. The molecule has 2 saturated heterocycles. The van der Waals surface area contributed by atoms with E-state index in [9.17, 15) is 0 Å². The number of hydrogen-bond donors (Lipinski definition) is 1. The number of nitrogens with one attached hydrogen (secondary N) is 1. The standard InChI is InChI=1S/C17H24N6/c1-12-10-13(12)16-20-19-14-2-3-15(21-23(14)16)22-8-5-17(6-9-22)4-7-18-11-17/h2-3,12-13,18H,4-11H2,1H3. The molecule has 1 spiro atoms. The number of fused-ring (bicyclic) bond motifs is 1. The van der Waals surface area contributed by atoms with Crippen LogP contribution in [0.5, 0.6) is 0 Å². The molecule has 1 N–H and O–H groups in total. The Kier molecular flexibility index (Phi) is 2.92. The molecule has 0 bridgehead atoms. The summed E-state index contributed by atoms with van der Waals surface area (Å²) in [6.45, 7) is 6.88. The van der Waals surface area contributed by atoms with Crippen LogP contribution in [-0.4, -0.2) is 46.0 Å². The summed E-state index contributed by atoms with van der Waals surface area (Å²) in [6.07, 6.45) is 5.09. The largest absolute Gasteiger partial charge is 0.355 e. The van der Waals surface area contributed by atoms with Crippen molar-refractivity contribution in [3.63, 3.8) is 0 Å². The molecule has 0 radical (unpaired) electrons. The van der Waals surface area contributed by atoms with E-state index in [4.69, 9.17) is 5.10 Å². The van der Waals surface area contributed by atoms with E-state index in [-0.39, 0.29) is 0 Å². The lowest BCUT2D eigenvalue weighted by molar-refractivity contribution is 0.246. The molecule has 1 saturated carbocycles. The van der Waals surface area contributed by atoms with E-state index >= 15 is 0 Å². The van der Waals surface area contributed by atoms with Crippen LogP contribution in [0.3, 0.4) is 0 Å². The first-order valence-corrected chi connectivity index (χ1v) is 8.92. The van der Waals surface area contributed by atoms with Crippen molar-refractivity contribution in [2.75, 3.05) is 31.1 Å². The van der Waals surface area contributed by atoms with E-state index in [1.807, 2.05) is 4.52 Å². The maximum absolute atomic E-state index is 4.87. The lowest BCUT2D eigenvalue weighted by atomic mass is 9.78. The monoisotopic (exact) mass is 312 g/mol. The van der Waals surface area contributed by atoms with Gasteiger partial charge in [0.25, 0.3) is 0 Å². The quantitative estimate of drug-likeness (QED) is 0.917. The van der Waals surface area contributed by atoms with Gasteiger partial charge in [-0.2, -0.15) is 4.52 Å². The molecule has 5 rings (SSSR count). The van der Waals surface area contributed by atoms with Crippen LogP contribution in [0.25, 0.3) is 5.65 Å². The van der Waals surface area contributed by atoms with Gasteiger partial charge in [0.1, 0.15) is 5.82 Å². The number of nitrogens with zero attached hydrogens (tertiary/aromatic N) is 5. The van der Waals surface area contributed by atoms with Gasteiger partial charge < -0.3 is 10.2 Å². The minimum absolute atomic E-state index is 0.543. The number of hydrogen-bond acceptors (Lipinski definition) is 5. The SMILES string of the molecule is CC1CC1c1nnc2ccc(N3CCC4(CCNC4)CC3)nn12. The van der Waals surface area contributed by atoms with Crippen molar-refractivity contribution in [2.24, 2.45) is 11.3 Å². The lowest BCUT2D eigenvalue weighted by Crippen LogP contribution is -2.41. The molecule has 3 aliphatic rings. The van der Waals surface area contributed by atoms with Crippen LogP contribution < -0.4 is 10.2 Å². The number of aromatic nitrogens is 4. The summed E-state index contributed by atoms with van der Waals surface area (Å²) >= 11 is 0. The Hall–Kier alpha value is -1.69. The second kappa shape index (κ2) is 4.90. The maximum atomic E-state index is 4.87. The van der Waals surface area contributed by atoms with Crippen LogP contribution in [0.15, 0.2) is 12.1 Å². The third-order valence-electron chi connectivity index (χ3n) is 6.19. The van der Waals surface area contributed by atoms with Gasteiger partial charge in [0, 0.05) is 25.6 Å². The summed E-state index contributed by atoms with van der Waals surface area (Å²) in [6, 6.07) is 4.17. The molecule has 2 aromatic heterocycles. The molecule has 122 valence electrons. The topological polar surface area (TPSA) is 58.4 Å². The summed E-state index contributed by atoms with van der Waals surface area (Å²) < 4.78 is 1.98. The Labute approximate surface area is 136 Å². The van der Waals surface area contributed by atoms with E-state index in [0.717, 1.165) is 36.3 Å². The average molecular weight is 312 g/mol. The van der Waals surface area contributed by atoms with Gasteiger partial charge in [-0.15, -0.1) is 15.3 Å². The van der Waals surface area contributed by atoms with E-state index in [1.54, 1.807) is 0 Å². The van der Waals surface area contributed by atoms with Crippen LogP contribution in [0.4, 0.5) is 5.82 Å². The van der Waals surface area contributed by atoms with E-state index in [2.05, 4.69) is 39.5 Å². The van der Waals surface area contributed by atoms with Crippen LogP contribution >= 0.6 is 0 Å². The first-order valence-electron chi connectivity index (χ1n) is 8.92. The van der Waals surface area contributed by atoms with Gasteiger partial charge in [-0.1, -0.05) is 6.92 Å². The summed E-state index contributed by atoms with van der Waals surface area (Å²) in [4.78, 5) is 2.43. The first kappa shape index (κ1) is 13.7. The van der Waals surface area contributed by atoms with Gasteiger partial charge in [-0.05, 0) is 55.7 Å². The van der Waals surface area contributed by atoms with Gasteiger partial charge in [-0.3, -0.25) is 0 Å². The number of piperidine rings is 1. The fourth-order valence-electron chi connectivity index (χ4n) is 4.31. The minimum Gasteiger partial charge on any atom is -0.355 e. The van der Waals surface area contributed by atoms with Crippen LogP contribution in [0.1, 0.15) is 44.3 Å². The zero-order chi connectivity index (χ0) is 15.4. The highest BCUT2D eigenvalue weighted by Gasteiger charge is 2.39. The average Bonchev–Trinajstić information content (AvgIpc) is 2.99. The molecule has 2 atom stereocenters. The third-order valence-corrected chi connectivity index (χ3v) is 6.19. The molecule has 0 aromatic carbocycles. The molecular weight excluding hydrogens is 288 g/mol. The van der Waals surface area contributed by atoms with Crippen molar-refractivity contribution < 1.29 is 0 Å². The molecule has 4 heterocycles. The van der Waals surface area contributed by atoms with Crippen molar-refractivity contribution in [3.8, 4) is 0 Å². The zero-order valence-electron chi connectivity index (χ0n) is 13.7. The van der Waals surface area contributed by atoms with Crippen molar-refractivity contribution in [2.45, 2.75) is 38.5 Å². The van der Waals surface area contributed by atoms with Crippen LogP contribution in [-0.2, 0) is 0 Å². The molecule has 3 fully saturated rings. The second-order valence-corrected chi connectivity index (χ2v) is 7.75. The summed E-state index contributed by atoms with van der Waals surface area (Å²) in [5.41, 5.74) is 1.42. The minimum atomic E-state index is 0.543. The number of rotatable bonds is 2. The summed E-state index contributed by atoms with van der Waals surface area (Å²) in [7, 11) is 0. The van der Waals surface area contributed by atoms with Gasteiger partial charge in [-0.25, -0.2) is 0 Å². The molecule has 0 amide bonds. The Morgan fingerprint density at radius 1 is 1.17 bits per heavy atom. The molecule has 6 nitrogen and oxygen atoms in total. The highest BCUT2D eigenvalue weighted by atomic mass is 15.4. The molecule has 1 aliphatic carbocycles. The smallest absolute Gasteiger partial charge is 0.178 e. The van der Waals surface area contributed by atoms with E-state index in [0.29, 0.717) is 11.3 Å². The molecule has 23 heavy (non-hydrogen) atoms. The maximum Gasteiger partial charge on any atom is 0.178 e. The van der Waals surface area contributed by atoms with Gasteiger partial charge >= 0.3 is 0 Å². The Bertz CT molecular complexity index is 722. The fourth-order valence-corrected chi connectivity index (χ4v) is 4.31. The molecule has 6 heteroatoms. The fraction of sp³-hybridized carbons (Fsp3) is 0.706. The van der Waals surface area contributed by atoms with Crippen molar-refractivity contribution in [1.82, 2.24) is 25.1 Å². The van der Waals surface area contributed by atoms with Crippen molar-refractivity contribution in [1.29, 1.82) is 0 Å². The van der Waals surface area contributed by atoms with Crippen molar-refractivity contribution in [3.05, 3.63) is 18.0 Å². The zero-order valence-corrected chi connectivity index (χ0v) is 13.7. The predicted molar refractivity (Wildman–Crippen MR) is 88.7 cm³/mol. The van der Waals surface area contributed by atoms with Crippen molar-refractivity contribution >= 4 is 11.5 Å². The first-order chi connectivity index (χ1) is 11.2. The highest BCUT2D eigenvalue weighted by Crippen LogP contribution is 2.46. The Morgan fingerprint density at radius 3 is 2.70 bits per heavy atom. The predicted octanol–water partition coefficient (Wildman–Crippen LogP) is 1.83. The lowest BCUT2D eigenvalue weighted by Gasteiger charge is -2.39. The molecule has 2 aliphatic heterocycles. The molecule has 2 unspecified atom stereocenters. The molecule has 2 aromatic rings. The summed E-state index contributed by atoms with van der Waals surface area (Å²) in [5, 5.41) is 17.1. The van der Waals surface area contributed by atoms with E-state index in [1.165, 1.54) is 38.8 Å².